The zero-order valence-electron chi connectivity index (χ0n) is 8.88. The van der Waals surface area contributed by atoms with Crippen molar-refractivity contribution in [1.29, 1.82) is 0 Å². The highest BCUT2D eigenvalue weighted by molar-refractivity contribution is 9.10. The van der Waals surface area contributed by atoms with Crippen molar-refractivity contribution in [2.75, 3.05) is 0 Å². The predicted octanol–water partition coefficient (Wildman–Crippen LogP) is 5.37. The van der Waals surface area contributed by atoms with Crippen LogP contribution in [0.25, 0.3) is 11.1 Å². The van der Waals surface area contributed by atoms with Crippen LogP contribution < -0.4 is 0 Å². The summed E-state index contributed by atoms with van der Waals surface area (Å²) >= 11 is 14.8. The van der Waals surface area contributed by atoms with Crippen LogP contribution in [-0.2, 0) is 0 Å². The maximum Gasteiger partial charge on any atom is 0.151 e. The number of hydrogen-bond donors (Lipinski definition) is 0. The first-order valence-corrected chi connectivity index (χ1v) is 6.48. The van der Waals surface area contributed by atoms with Crippen LogP contribution in [0.15, 0.2) is 34.8 Å². The summed E-state index contributed by atoms with van der Waals surface area (Å²) in [5, 5.41) is 0.340. The van der Waals surface area contributed by atoms with E-state index in [1.54, 1.807) is 24.3 Å². The first-order valence-electron chi connectivity index (χ1n) is 4.93. The van der Waals surface area contributed by atoms with Crippen LogP contribution in [0.2, 0.25) is 10.0 Å². The molecule has 0 fully saturated rings. The van der Waals surface area contributed by atoms with Crippen LogP contribution in [0, 0.1) is 5.82 Å². The van der Waals surface area contributed by atoms with Crippen LogP contribution in [0.5, 0.6) is 0 Å². The van der Waals surface area contributed by atoms with Gasteiger partial charge < -0.3 is 0 Å². The minimum Gasteiger partial charge on any atom is -0.298 e. The molecule has 0 radical (unpaired) electrons. The molecule has 0 aliphatic heterocycles. The summed E-state index contributed by atoms with van der Waals surface area (Å²) in [5.74, 6) is -0.537. The SMILES string of the molecule is O=Cc1cc(-c2ccc(Br)c(Cl)c2F)ccc1Cl. The Hall–Kier alpha value is -0.900. The largest absolute Gasteiger partial charge is 0.298 e. The average Bonchev–Trinajstić information content (AvgIpc) is 2.37. The first-order chi connectivity index (χ1) is 8.54. The summed E-state index contributed by atoms with van der Waals surface area (Å²) in [6, 6.07) is 7.95. The van der Waals surface area contributed by atoms with Gasteiger partial charge in [0, 0.05) is 15.6 Å². The smallest absolute Gasteiger partial charge is 0.151 e. The standard InChI is InChI=1S/C13H6BrCl2FO/c14-10-3-2-9(13(17)12(10)16)7-1-4-11(15)8(5-7)6-18/h1-6H. The number of benzene rings is 2. The molecule has 0 aliphatic rings. The fraction of sp³-hybridized carbons (Fsp3) is 0. The van der Waals surface area contributed by atoms with Crippen molar-refractivity contribution in [3.63, 3.8) is 0 Å². The van der Waals surface area contributed by atoms with Gasteiger partial charge in [-0.3, -0.25) is 4.79 Å². The highest BCUT2D eigenvalue weighted by atomic mass is 79.9. The summed E-state index contributed by atoms with van der Waals surface area (Å²) in [6.07, 6.45) is 0.629. The van der Waals surface area contributed by atoms with E-state index in [9.17, 15) is 9.18 Å². The maximum atomic E-state index is 14.0. The van der Waals surface area contributed by atoms with Gasteiger partial charge in [0.2, 0.25) is 0 Å². The maximum absolute atomic E-state index is 14.0. The van der Waals surface area contributed by atoms with Gasteiger partial charge in [-0.25, -0.2) is 4.39 Å². The topological polar surface area (TPSA) is 17.1 Å². The van der Waals surface area contributed by atoms with Gasteiger partial charge in [0.25, 0.3) is 0 Å². The molecule has 0 heterocycles. The monoisotopic (exact) mass is 346 g/mol. The van der Waals surface area contributed by atoms with E-state index in [0.717, 1.165) is 0 Å². The minimum absolute atomic E-state index is 0.00935. The van der Waals surface area contributed by atoms with Gasteiger partial charge >= 0.3 is 0 Å². The lowest BCUT2D eigenvalue weighted by atomic mass is 10.0. The summed E-state index contributed by atoms with van der Waals surface area (Å²) in [7, 11) is 0. The third-order valence-corrected chi connectivity index (χ3v) is 4.07. The second kappa shape index (κ2) is 5.39. The lowest BCUT2D eigenvalue weighted by Gasteiger charge is -2.07. The van der Waals surface area contributed by atoms with E-state index in [1.165, 1.54) is 6.07 Å². The molecule has 0 aliphatic carbocycles. The molecule has 92 valence electrons. The average molecular weight is 348 g/mol. The Kier molecular flexibility index (Phi) is 4.05. The Morgan fingerprint density at radius 1 is 1.17 bits per heavy atom. The van der Waals surface area contributed by atoms with Crippen LogP contribution >= 0.6 is 39.1 Å². The van der Waals surface area contributed by atoms with Gasteiger partial charge in [-0.15, -0.1) is 0 Å². The normalized spacial score (nSPS) is 10.4. The molecule has 2 rings (SSSR count). The fourth-order valence-corrected chi connectivity index (χ4v) is 2.18. The molecule has 0 saturated heterocycles. The molecule has 0 bridgehead atoms. The van der Waals surface area contributed by atoms with E-state index in [4.69, 9.17) is 23.2 Å². The molecule has 0 unspecified atom stereocenters. The predicted molar refractivity (Wildman–Crippen MR) is 74.9 cm³/mol. The quantitative estimate of drug-likeness (QED) is 0.527. The Morgan fingerprint density at radius 3 is 2.56 bits per heavy atom. The van der Waals surface area contributed by atoms with Gasteiger partial charge in [0.15, 0.2) is 12.1 Å². The number of hydrogen-bond acceptors (Lipinski definition) is 1. The molecule has 2 aromatic rings. The van der Waals surface area contributed by atoms with Gasteiger partial charge in [0.1, 0.15) is 0 Å². The van der Waals surface area contributed by atoms with Crippen LogP contribution in [-0.4, -0.2) is 6.29 Å². The van der Waals surface area contributed by atoms with E-state index in [1.807, 2.05) is 0 Å². The fourth-order valence-electron chi connectivity index (χ4n) is 1.55. The molecule has 0 spiro atoms. The molecule has 0 N–H and O–H groups in total. The minimum atomic E-state index is -0.537. The van der Waals surface area contributed by atoms with Crippen molar-refractivity contribution < 1.29 is 9.18 Å². The molecule has 0 aromatic heterocycles. The van der Waals surface area contributed by atoms with Crippen molar-refractivity contribution in [2.24, 2.45) is 0 Å². The Bertz CT molecular complexity index is 629. The lowest BCUT2D eigenvalue weighted by molar-refractivity contribution is 0.112. The highest BCUT2D eigenvalue weighted by Crippen LogP contribution is 2.34. The summed E-state index contributed by atoms with van der Waals surface area (Å²) in [6.45, 7) is 0. The van der Waals surface area contributed by atoms with Gasteiger partial charge in [-0.1, -0.05) is 35.3 Å². The number of aldehydes is 1. The highest BCUT2D eigenvalue weighted by Gasteiger charge is 2.12. The van der Waals surface area contributed by atoms with E-state index in [2.05, 4.69) is 15.9 Å². The van der Waals surface area contributed by atoms with Crippen LogP contribution in [0.4, 0.5) is 4.39 Å². The molecule has 0 atom stereocenters. The molecule has 0 saturated carbocycles. The lowest BCUT2D eigenvalue weighted by Crippen LogP contribution is -1.89. The second-order valence-electron chi connectivity index (χ2n) is 3.58. The number of rotatable bonds is 2. The number of halogens is 4. The zero-order chi connectivity index (χ0) is 13.3. The third-order valence-electron chi connectivity index (χ3n) is 2.47. The van der Waals surface area contributed by atoms with E-state index in [-0.39, 0.29) is 5.02 Å². The van der Waals surface area contributed by atoms with Crippen LogP contribution in [0.3, 0.4) is 0 Å². The molecule has 1 nitrogen and oxygen atoms in total. The van der Waals surface area contributed by atoms with Crippen molar-refractivity contribution in [1.82, 2.24) is 0 Å². The molecule has 18 heavy (non-hydrogen) atoms. The number of carbonyl (C=O) groups is 1. The summed E-state index contributed by atoms with van der Waals surface area (Å²) in [5.41, 5.74) is 1.18. The molecule has 0 amide bonds. The van der Waals surface area contributed by atoms with Gasteiger partial charge in [0.05, 0.1) is 10.0 Å². The van der Waals surface area contributed by atoms with Crippen molar-refractivity contribution in [2.45, 2.75) is 0 Å². The molecule has 5 heteroatoms. The summed E-state index contributed by atoms with van der Waals surface area (Å²) < 4.78 is 14.5. The Labute approximate surface area is 122 Å². The van der Waals surface area contributed by atoms with E-state index < -0.39 is 5.82 Å². The van der Waals surface area contributed by atoms with Gasteiger partial charge in [-0.05, 0) is 39.7 Å². The van der Waals surface area contributed by atoms with Crippen molar-refractivity contribution in [3.8, 4) is 11.1 Å². The number of carbonyl (C=O) groups excluding carboxylic acids is 1. The Balaban J connectivity index is 2.62. The summed E-state index contributed by atoms with van der Waals surface area (Å²) in [4.78, 5) is 10.8. The van der Waals surface area contributed by atoms with Crippen molar-refractivity contribution >= 4 is 45.4 Å². The Morgan fingerprint density at radius 2 is 1.89 bits per heavy atom. The second-order valence-corrected chi connectivity index (χ2v) is 5.22. The van der Waals surface area contributed by atoms with Crippen LogP contribution in [0.1, 0.15) is 10.4 Å². The molecular weight excluding hydrogens is 342 g/mol. The molecular formula is C13H6BrCl2FO. The van der Waals surface area contributed by atoms with E-state index in [0.29, 0.717) is 32.5 Å². The van der Waals surface area contributed by atoms with Crippen molar-refractivity contribution in [3.05, 3.63) is 56.2 Å². The molecule has 2 aromatic carbocycles. The third kappa shape index (κ3) is 2.44. The van der Waals surface area contributed by atoms with E-state index >= 15 is 0 Å². The zero-order valence-corrected chi connectivity index (χ0v) is 12.0. The first kappa shape index (κ1) is 13.5. The van der Waals surface area contributed by atoms with Gasteiger partial charge in [-0.2, -0.15) is 0 Å².